The Morgan fingerprint density at radius 2 is 1.54 bits per heavy atom. The van der Waals surface area contributed by atoms with Gasteiger partial charge in [-0.05, 0) is 36.8 Å². The molecule has 0 fully saturated rings. The largest absolute Gasteiger partial charge is 0.312 e. The van der Waals surface area contributed by atoms with Gasteiger partial charge in [-0.3, -0.25) is 10.2 Å². The maximum atomic E-state index is 12.9. The molecule has 0 unspecified atom stereocenters. The van der Waals surface area contributed by atoms with Crippen molar-refractivity contribution in [2.75, 3.05) is 10.7 Å². The van der Waals surface area contributed by atoms with Crippen LogP contribution in [0, 0.1) is 13.8 Å². The van der Waals surface area contributed by atoms with Crippen molar-refractivity contribution in [2.24, 2.45) is 5.10 Å². The van der Waals surface area contributed by atoms with Gasteiger partial charge < -0.3 is 5.32 Å². The van der Waals surface area contributed by atoms with Crippen LogP contribution in [0.2, 0.25) is 0 Å². The van der Waals surface area contributed by atoms with Gasteiger partial charge in [0.25, 0.3) is 5.91 Å². The number of carbonyl (C=O) groups excluding carboxylic acids is 1. The molecule has 0 atom stereocenters. The summed E-state index contributed by atoms with van der Waals surface area (Å²) in [5.74, 6) is -0.173. The Labute approximate surface area is 208 Å². The third-order valence-electron chi connectivity index (χ3n) is 5.68. The number of nitrogens with zero attached hydrogens (tertiary/aromatic N) is 2. The molecule has 1 aromatic heterocycles. The minimum atomic E-state index is -0.173. The van der Waals surface area contributed by atoms with E-state index in [1.54, 1.807) is 6.21 Å². The van der Waals surface area contributed by atoms with E-state index < -0.39 is 0 Å². The minimum absolute atomic E-state index is 0.173. The SMILES string of the molecule is Cc1ccc(C(=O)Nc2sc(N/N=C/c3cccc4ccccc34)nc2-c2ccc(C)cc2)cc1. The van der Waals surface area contributed by atoms with Gasteiger partial charge in [0.2, 0.25) is 5.13 Å². The summed E-state index contributed by atoms with van der Waals surface area (Å²) in [5.41, 5.74) is 8.56. The number of hydrogen-bond acceptors (Lipinski definition) is 5. The highest BCUT2D eigenvalue weighted by Crippen LogP contribution is 2.36. The van der Waals surface area contributed by atoms with E-state index in [1.165, 1.54) is 11.3 Å². The zero-order chi connectivity index (χ0) is 24.2. The normalized spacial score (nSPS) is 11.1. The number of carbonyl (C=O) groups is 1. The van der Waals surface area contributed by atoms with Gasteiger partial charge in [0, 0.05) is 16.7 Å². The van der Waals surface area contributed by atoms with Crippen LogP contribution in [0.1, 0.15) is 27.0 Å². The third-order valence-corrected chi connectivity index (χ3v) is 6.56. The summed E-state index contributed by atoms with van der Waals surface area (Å²) in [6, 6.07) is 29.9. The molecule has 35 heavy (non-hydrogen) atoms. The highest BCUT2D eigenvalue weighted by Gasteiger charge is 2.16. The first kappa shape index (κ1) is 22.5. The molecule has 0 bridgehead atoms. The molecule has 0 aliphatic heterocycles. The molecule has 0 saturated carbocycles. The molecule has 0 spiro atoms. The molecule has 6 heteroatoms. The molecule has 172 valence electrons. The van der Waals surface area contributed by atoms with E-state index in [2.05, 4.69) is 34.0 Å². The van der Waals surface area contributed by atoms with E-state index in [4.69, 9.17) is 4.98 Å². The van der Waals surface area contributed by atoms with Crippen molar-refractivity contribution < 1.29 is 4.79 Å². The molecule has 0 aliphatic rings. The van der Waals surface area contributed by atoms with Gasteiger partial charge >= 0.3 is 0 Å². The Bertz CT molecular complexity index is 1510. The van der Waals surface area contributed by atoms with Gasteiger partial charge in [-0.15, -0.1) is 0 Å². The molecule has 4 aromatic carbocycles. The summed E-state index contributed by atoms with van der Waals surface area (Å²) < 4.78 is 0. The van der Waals surface area contributed by atoms with Crippen molar-refractivity contribution in [3.8, 4) is 11.3 Å². The maximum Gasteiger partial charge on any atom is 0.256 e. The van der Waals surface area contributed by atoms with Gasteiger partial charge in [-0.25, -0.2) is 4.98 Å². The Morgan fingerprint density at radius 1 is 0.857 bits per heavy atom. The van der Waals surface area contributed by atoms with Crippen LogP contribution in [0.4, 0.5) is 10.1 Å². The van der Waals surface area contributed by atoms with Crippen molar-refractivity contribution in [1.29, 1.82) is 0 Å². The highest BCUT2D eigenvalue weighted by molar-refractivity contribution is 7.20. The lowest BCUT2D eigenvalue weighted by atomic mass is 10.1. The first-order chi connectivity index (χ1) is 17.1. The number of fused-ring (bicyclic) bond motifs is 1. The van der Waals surface area contributed by atoms with Gasteiger partial charge in [0.15, 0.2) is 0 Å². The summed E-state index contributed by atoms with van der Waals surface area (Å²) in [5, 5.41) is 11.0. The lowest BCUT2D eigenvalue weighted by Gasteiger charge is -2.06. The van der Waals surface area contributed by atoms with Gasteiger partial charge in [-0.2, -0.15) is 5.10 Å². The number of hydrazone groups is 1. The van der Waals surface area contributed by atoms with E-state index in [0.717, 1.165) is 33.0 Å². The van der Waals surface area contributed by atoms with E-state index in [9.17, 15) is 4.79 Å². The molecule has 0 radical (unpaired) electrons. The number of aromatic nitrogens is 1. The number of hydrogen-bond donors (Lipinski definition) is 2. The summed E-state index contributed by atoms with van der Waals surface area (Å²) in [6.07, 6.45) is 1.79. The second-order valence-corrected chi connectivity index (χ2v) is 9.32. The molecule has 5 rings (SSSR count). The first-order valence-electron chi connectivity index (χ1n) is 11.3. The van der Waals surface area contributed by atoms with Crippen molar-refractivity contribution in [2.45, 2.75) is 13.8 Å². The number of rotatable bonds is 6. The monoisotopic (exact) mass is 476 g/mol. The van der Waals surface area contributed by atoms with E-state index in [-0.39, 0.29) is 5.91 Å². The van der Waals surface area contributed by atoms with Gasteiger partial charge in [0.1, 0.15) is 10.7 Å². The Morgan fingerprint density at radius 3 is 2.31 bits per heavy atom. The standard InChI is InChI=1S/C29H24N4OS/c1-19-10-14-22(15-11-19)26-28(32-27(34)23-16-12-20(2)13-17-23)35-29(31-26)33-30-18-24-8-5-7-21-6-3-4-9-25(21)24/h3-18H,1-2H3,(H,31,33)(H,32,34)/b30-18+. The summed E-state index contributed by atoms with van der Waals surface area (Å²) in [6.45, 7) is 4.04. The number of thiazole rings is 1. The second kappa shape index (κ2) is 9.91. The smallest absolute Gasteiger partial charge is 0.256 e. The van der Waals surface area contributed by atoms with Crippen LogP contribution in [-0.4, -0.2) is 17.1 Å². The summed E-state index contributed by atoms with van der Waals surface area (Å²) in [4.78, 5) is 17.7. The van der Waals surface area contributed by atoms with Gasteiger partial charge in [-0.1, -0.05) is 101 Å². The fourth-order valence-electron chi connectivity index (χ4n) is 3.76. The molecule has 0 aliphatic carbocycles. The van der Waals surface area contributed by atoms with Crippen molar-refractivity contribution in [3.05, 3.63) is 113 Å². The minimum Gasteiger partial charge on any atom is -0.312 e. The number of amides is 1. The van der Waals surface area contributed by atoms with Crippen LogP contribution in [0.25, 0.3) is 22.0 Å². The van der Waals surface area contributed by atoms with E-state index in [1.807, 2.05) is 86.6 Å². The highest BCUT2D eigenvalue weighted by atomic mass is 32.1. The fraction of sp³-hybridized carbons (Fsp3) is 0.0690. The molecular weight excluding hydrogens is 452 g/mol. The summed E-state index contributed by atoms with van der Waals surface area (Å²) in [7, 11) is 0. The Hall–Kier alpha value is -4.29. The third kappa shape index (κ3) is 5.13. The topological polar surface area (TPSA) is 66.4 Å². The molecule has 2 N–H and O–H groups in total. The fourth-order valence-corrected chi connectivity index (χ4v) is 4.59. The molecule has 1 amide bonds. The Balaban J connectivity index is 1.42. The second-order valence-electron chi connectivity index (χ2n) is 8.32. The lowest BCUT2D eigenvalue weighted by molar-refractivity contribution is 0.102. The molecule has 1 heterocycles. The van der Waals surface area contributed by atoms with Crippen LogP contribution in [-0.2, 0) is 0 Å². The molecular formula is C29H24N4OS. The zero-order valence-corrected chi connectivity index (χ0v) is 20.3. The average molecular weight is 477 g/mol. The quantitative estimate of drug-likeness (QED) is 0.200. The van der Waals surface area contributed by atoms with Gasteiger partial charge in [0.05, 0.1) is 6.21 Å². The van der Waals surface area contributed by atoms with Crippen molar-refractivity contribution in [1.82, 2.24) is 4.98 Å². The van der Waals surface area contributed by atoms with Crippen LogP contribution in [0.15, 0.2) is 96.1 Å². The van der Waals surface area contributed by atoms with E-state index in [0.29, 0.717) is 21.4 Å². The number of aryl methyl sites for hydroxylation is 2. The van der Waals surface area contributed by atoms with E-state index >= 15 is 0 Å². The van der Waals surface area contributed by atoms with Crippen LogP contribution < -0.4 is 10.7 Å². The van der Waals surface area contributed by atoms with Crippen LogP contribution in [0.5, 0.6) is 0 Å². The van der Waals surface area contributed by atoms with Crippen LogP contribution in [0.3, 0.4) is 0 Å². The maximum absolute atomic E-state index is 12.9. The predicted molar refractivity (Wildman–Crippen MR) is 147 cm³/mol. The average Bonchev–Trinajstić information content (AvgIpc) is 3.27. The molecule has 0 saturated heterocycles. The molecule has 5 nitrogen and oxygen atoms in total. The van der Waals surface area contributed by atoms with Crippen molar-refractivity contribution in [3.63, 3.8) is 0 Å². The first-order valence-corrected chi connectivity index (χ1v) is 12.1. The Kier molecular flexibility index (Phi) is 6.37. The number of nitrogens with one attached hydrogen (secondary N) is 2. The summed E-state index contributed by atoms with van der Waals surface area (Å²) >= 11 is 1.36. The van der Waals surface area contributed by atoms with Crippen LogP contribution >= 0.6 is 11.3 Å². The number of benzene rings is 4. The zero-order valence-electron chi connectivity index (χ0n) is 19.4. The van der Waals surface area contributed by atoms with Crippen molar-refractivity contribution >= 4 is 44.4 Å². The lowest BCUT2D eigenvalue weighted by Crippen LogP contribution is -2.11. The predicted octanol–water partition coefficient (Wildman–Crippen LogP) is 7.28. The molecule has 5 aromatic rings. The number of anilines is 2.